The van der Waals surface area contributed by atoms with E-state index in [0.29, 0.717) is 5.56 Å². The minimum Gasteiger partial charge on any atom is -0.444 e. The van der Waals surface area contributed by atoms with Gasteiger partial charge in [-0.3, -0.25) is 14.7 Å². The summed E-state index contributed by atoms with van der Waals surface area (Å²) < 4.78 is 63.0. The lowest BCUT2D eigenvalue weighted by atomic mass is 10.2. The normalized spacial score (nSPS) is 11.9. The molecule has 4 rings (SSSR count). The zero-order chi connectivity index (χ0) is 30.8. The number of carbonyl (C=O) groups is 2. The lowest BCUT2D eigenvalue weighted by Crippen LogP contribution is -2.26. The topological polar surface area (TPSA) is 142 Å². The van der Waals surface area contributed by atoms with Gasteiger partial charge in [-0.15, -0.1) is 18.3 Å². The molecule has 1 unspecified atom stereocenters. The number of hydrogen-bond acceptors (Lipinski definition) is 8. The number of anilines is 1. The van der Waals surface area contributed by atoms with Crippen LogP contribution in [0.1, 0.15) is 28.0 Å². The zero-order valence-electron chi connectivity index (χ0n) is 22.3. The third-order valence-corrected chi connectivity index (χ3v) is 5.74. The first-order valence-corrected chi connectivity index (χ1v) is 12.8. The van der Waals surface area contributed by atoms with E-state index in [2.05, 4.69) is 30.7 Å². The summed E-state index contributed by atoms with van der Waals surface area (Å²) >= 11 is 0. The number of halogens is 4. The molecule has 0 aliphatic heterocycles. The molecule has 0 bridgehead atoms. The van der Waals surface area contributed by atoms with Crippen LogP contribution < -0.4 is 21.1 Å². The van der Waals surface area contributed by atoms with E-state index in [1.807, 2.05) is 6.07 Å². The average Bonchev–Trinajstić information content (AvgIpc) is 3.43. The van der Waals surface area contributed by atoms with Crippen molar-refractivity contribution in [3.8, 4) is 5.75 Å². The number of nitrogens with zero attached hydrogens (tertiary/aromatic N) is 5. The molecular formula is C27H25F4N7O5. The monoisotopic (exact) mass is 603 g/mol. The van der Waals surface area contributed by atoms with Crippen LogP contribution in [-0.4, -0.2) is 49.1 Å². The summed E-state index contributed by atoms with van der Waals surface area (Å²) in [5.74, 6) is -1.12. The summed E-state index contributed by atoms with van der Waals surface area (Å²) in [6.45, 7) is -0.353. The quantitative estimate of drug-likeness (QED) is 0.233. The van der Waals surface area contributed by atoms with Crippen molar-refractivity contribution in [2.24, 2.45) is 0 Å². The van der Waals surface area contributed by atoms with Crippen molar-refractivity contribution < 1.29 is 36.6 Å². The maximum Gasteiger partial charge on any atom is 0.573 e. The average molecular weight is 604 g/mol. The second kappa shape index (κ2) is 14.1. The second-order valence-corrected chi connectivity index (χ2v) is 9.07. The van der Waals surface area contributed by atoms with Crippen LogP contribution in [-0.2, 0) is 31.0 Å². The van der Waals surface area contributed by atoms with Crippen molar-refractivity contribution in [3.63, 3.8) is 0 Å². The highest BCUT2D eigenvalue weighted by molar-refractivity contribution is 5.91. The van der Waals surface area contributed by atoms with Gasteiger partial charge in [0.25, 0.3) is 5.91 Å². The summed E-state index contributed by atoms with van der Waals surface area (Å²) in [5.41, 5.74) is 0.307. The molecule has 0 aliphatic rings. The van der Waals surface area contributed by atoms with Crippen molar-refractivity contribution in [2.45, 2.75) is 45.2 Å². The Morgan fingerprint density at radius 3 is 2.53 bits per heavy atom. The SMILES string of the molecule is O=C(Nc1ccn(CCC(F)Cn2cc(C(=O)NCc3cccc(OC(F)(F)F)c3)nn2)c(=O)n1)OCc1ccccc1. The molecule has 16 heteroatoms. The fraction of sp³-hybridized carbons (Fsp3) is 0.259. The van der Waals surface area contributed by atoms with Crippen LogP contribution in [0, 0.1) is 0 Å². The highest BCUT2D eigenvalue weighted by Crippen LogP contribution is 2.23. The van der Waals surface area contributed by atoms with E-state index >= 15 is 0 Å². The van der Waals surface area contributed by atoms with Crippen molar-refractivity contribution >= 4 is 17.8 Å². The van der Waals surface area contributed by atoms with Crippen LogP contribution in [0.4, 0.5) is 28.2 Å². The van der Waals surface area contributed by atoms with Crippen molar-refractivity contribution in [3.05, 3.63) is 100 Å². The molecule has 12 nitrogen and oxygen atoms in total. The minimum absolute atomic E-state index is 0.0214. The molecule has 226 valence electrons. The van der Waals surface area contributed by atoms with Crippen molar-refractivity contribution in [1.29, 1.82) is 0 Å². The van der Waals surface area contributed by atoms with E-state index in [0.717, 1.165) is 22.4 Å². The van der Waals surface area contributed by atoms with Crippen LogP contribution in [0.2, 0.25) is 0 Å². The van der Waals surface area contributed by atoms with Crippen LogP contribution >= 0.6 is 0 Å². The number of alkyl halides is 4. The fourth-order valence-corrected chi connectivity index (χ4v) is 3.72. The molecule has 2 amide bonds. The van der Waals surface area contributed by atoms with Crippen LogP contribution in [0.15, 0.2) is 77.9 Å². The molecule has 0 saturated carbocycles. The van der Waals surface area contributed by atoms with E-state index in [9.17, 15) is 31.9 Å². The number of benzene rings is 2. The third-order valence-electron chi connectivity index (χ3n) is 5.74. The predicted molar refractivity (Wildman–Crippen MR) is 143 cm³/mol. The summed E-state index contributed by atoms with van der Waals surface area (Å²) in [4.78, 5) is 40.4. The van der Waals surface area contributed by atoms with E-state index in [1.165, 1.54) is 35.2 Å². The van der Waals surface area contributed by atoms with Crippen molar-refractivity contribution in [1.82, 2.24) is 29.9 Å². The van der Waals surface area contributed by atoms with Gasteiger partial charge in [0.2, 0.25) is 0 Å². The Bertz CT molecular complexity index is 1590. The molecule has 1 atom stereocenters. The molecule has 2 heterocycles. The zero-order valence-corrected chi connectivity index (χ0v) is 22.3. The lowest BCUT2D eigenvalue weighted by Gasteiger charge is -2.10. The first-order chi connectivity index (χ1) is 20.5. The number of nitrogens with one attached hydrogen (secondary N) is 2. The number of hydrogen-bond donors (Lipinski definition) is 2. The van der Waals surface area contributed by atoms with E-state index in [4.69, 9.17) is 4.74 Å². The molecule has 0 radical (unpaired) electrons. The van der Waals surface area contributed by atoms with Gasteiger partial charge in [0.05, 0.1) is 12.7 Å². The molecule has 2 N–H and O–H groups in total. The smallest absolute Gasteiger partial charge is 0.444 e. The maximum atomic E-state index is 14.6. The Morgan fingerprint density at radius 1 is 1.02 bits per heavy atom. The standard InChI is InChI=1S/C27H25F4N7O5/c28-20(9-11-37-12-10-23(33-25(37)40)34-26(41)42-17-18-5-2-1-3-6-18)15-38-16-22(35-36-38)24(39)32-14-19-7-4-8-21(13-19)43-27(29,30)31/h1-8,10,12-13,16,20H,9,11,14-15,17H2,(H,32,39)(H,33,34,40,41). The van der Waals surface area contributed by atoms with Gasteiger partial charge in [0.1, 0.15) is 24.3 Å². The molecular weight excluding hydrogens is 578 g/mol. The lowest BCUT2D eigenvalue weighted by molar-refractivity contribution is -0.274. The Balaban J connectivity index is 1.21. The number of carbonyl (C=O) groups excluding carboxylic acids is 2. The van der Waals surface area contributed by atoms with Crippen LogP contribution in [0.3, 0.4) is 0 Å². The Kier molecular flexibility index (Phi) is 10.0. The molecule has 2 aromatic heterocycles. The summed E-state index contributed by atoms with van der Waals surface area (Å²) in [5, 5.41) is 12.3. The van der Waals surface area contributed by atoms with E-state index < -0.39 is 36.0 Å². The van der Waals surface area contributed by atoms with E-state index in [1.54, 1.807) is 24.3 Å². The number of rotatable bonds is 12. The maximum absolute atomic E-state index is 14.6. The highest BCUT2D eigenvalue weighted by Gasteiger charge is 2.31. The summed E-state index contributed by atoms with van der Waals surface area (Å²) in [7, 11) is 0. The predicted octanol–water partition coefficient (Wildman–Crippen LogP) is 3.84. The molecule has 0 fully saturated rings. The van der Waals surface area contributed by atoms with E-state index in [-0.39, 0.29) is 44.2 Å². The number of aryl methyl sites for hydroxylation is 1. The Morgan fingerprint density at radius 2 is 1.79 bits per heavy atom. The molecule has 43 heavy (non-hydrogen) atoms. The fourth-order valence-electron chi connectivity index (χ4n) is 3.72. The molecule has 0 spiro atoms. The summed E-state index contributed by atoms with van der Waals surface area (Å²) in [6.07, 6.45) is -4.61. The third kappa shape index (κ3) is 9.94. The van der Waals surface area contributed by atoms with Crippen molar-refractivity contribution in [2.75, 3.05) is 5.32 Å². The van der Waals surface area contributed by atoms with Crippen LogP contribution in [0.5, 0.6) is 5.75 Å². The molecule has 4 aromatic rings. The van der Waals surface area contributed by atoms with Crippen LogP contribution in [0.25, 0.3) is 0 Å². The van der Waals surface area contributed by atoms with Gasteiger partial charge in [-0.1, -0.05) is 47.7 Å². The Labute approximate surface area is 241 Å². The molecule has 0 saturated heterocycles. The van der Waals surface area contributed by atoms with Gasteiger partial charge in [0.15, 0.2) is 5.69 Å². The number of amides is 2. The first kappa shape index (κ1) is 30.7. The number of ether oxygens (including phenoxy) is 2. The molecule has 0 aliphatic carbocycles. The largest absolute Gasteiger partial charge is 0.573 e. The van der Waals surface area contributed by atoms with Gasteiger partial charge in [-0.25, -0.2) is 18.7 Å². The minimum atomic E-state index is -4.84. The second-order valence-electron chi connectivity index (χ2n) is 9.07. The van der Waals surface area contributed by atoms with Gasteiger partial charge < -0.3 is 14.8 Å². The first-order valence-electron chi connectivity index (χ1n) is 12.8. The molecule has 2 aromatic carbocycles. The Hall–Kier alpha value is -5.28. The van der Waals surface area contributed by atoms with Gasteiger partial charge in [-0.05, 0) is 35.7 Å². The highest BCUT2D eigenvalue weighted by atomic mass is 19.4. The summed E-state index contributed by atoms with van der Waals surface area (Å²) in [6, 6.07) is 15.5. The van der Waals surface area contributed by atoms with Gasteiger partial charge in [-0.2, -0.15) is 4.98 Å². The van der Waals surface area contributed by atoms with Gasteiger partial charge in [0, 0.05) is 19.3 Å². The van der Waals surface area contributed by atoms with Gasteiger partial charge >= 0.3 is 18.1 Å². The number of aromatic nitrogens is 5.